The Kier molecular flexibility index (Phi) is 9.90. The largest absolute Gasteiger partial charge is 0.481 e. The van der Waals surface area contributed by atoms with Gasteiger partial charge in [0, 0.05) is 12.5 Å². The first-order valence-corrected chi connectivity index (χ1v) is 9.49. The van der Waals surface area contributed by atoms with Crippen LogP contribution >= 0.6 is 0 Å². The molecule has 0 fully saturated rings. The maximum Gasteiger partial charge on any atom is 0.311 e. The van der Waals surface area contributed by atoms with Crippen LogP contribution in [0.4, 0.5) is 0 Å². The Morgan fingerprint density at radius 1 is 1.00 bits per heavy atom. The average Bonchev–Trinajstić information content (AvgIpc) is 2.58. The summed E-state index contributed by atoms with van der Waals surface area (Å²) in [6.07, 6.45) is 8.59. The zero-order chi connectivity index (χ0) is 18.7. The summed E-state index contributed by atoms with van der Waals surface area (Å²) >= 11 is 0. The molecule has 0 aliphatic rings. The molecule has 4 heteroatoms. The molecule has 0 heterocycles. The van der Waals surface area contributed by atoms with E-state index >= 15 is 0 Å². The second-order valence-electron chi connectivity index (χ2n) is 6.70. The molecule has 0 amide bonds. The Morgan fingerprint density at radius 2 is 1.60 bits per heavy atom. The Bertz CT molecular complexity index is 534. The van der Waals surface area contributed by atoms with Gasteiger partial charge in [-0.25, -0.2) is 0 Å². The van der Waals surface area contributed by atoms with E-state index in [0.29, 0.717) is 17.7 Å². The minimum absolute atomic E-state index is 0.358. The number of carbonyl (C=O) groups is 2. The van der Waals surface area contributed by atoms with Crippen LogP contribution in [0.3, 0.4) is 0 Å². The van der Waals surface area contributed by atoms with Crippen LogP contribution in [0.5, 0.6) is 5.75 Å². The van der Waals surface area contributed by atoms with Gasteiger partial charge in [-0.05, 0) is 18.4 Å². The lowest BCUT2D eigenvalue weighted by atomic mass is 9.91. The molecule has 0 saturated carbocycles. The standard InChI is InChI=1S/C21H32O4/c1-4-17(5-2)12-8-6-7-9-14-19(21(23)24)18-13-10-11-15-20(18)25-16(3)22/h10-11,13,15,17,19H,4-9,12,14H2,1-3H3,(H,23,24). The third-order valence-corrected chi connectivity index (χ3v) is 4.86. The SMILES string of the molecule is CCC(CC)CCCCCCC(C(=O)O)c1ccccc1OC(C)=O. The van der Waals surface area contributed by atoms with Crippen LogP contribution in [-0.4, -0.2) is 17.0 Å². The number of rotatable bonds is 12. The van der Waals surface area contributed by atoms with Gasteiger partial charge in [-0.1, -0.05) is 77.0 Å². The second kappa shape index (κ2) is 11.7. The molecule has 1 N–H and O–H groups in total. The van der Waals surface area contributed by atoms with Crippen molar-refractivity contribution < 1.29 is 19.4 Å². The van der Waals surface area contributed by atoms with Gasteiger partial charge in [0.2, 0.25) is 0 Å². The topological polar surface area (TPSA) is 63.6 Å². The molecule has 0 spiro atoms. The molecule has 25 heavy (non-hydrogen) atoms. The molecule has 1 aromatic rings. The van der Waals surface area contributed by atoms with Crippen molar-refractivity contribution in [3.05, 3.63) is 29.8 Å². The Labute approximate surface area is 151 Å². The van der Waals surface area contributed by atoms with Crippen molar-refractivity contribution >= 4 is 11.9 Å². The van der Waals surface area contributed by atoms with Crippen LogP contribution in [0.25, 0.3) is 0 Å². The summed E-state index contributed by atoms with van der Waals surface area (Å²) in [7, 11) is 0. The smallest absolute Gasteiger partial charge is 0.311 e. The van der Waals surface area contributed by atoms with Crippen molar-refractivity contribution in [2.45, 2.75) is 78.1 Å². The van der Waals surface area contributed by atoms with Crippen molar-refractivity contribution in [2.75, 3.05) is 0 Å². The molecular formula is C21H32O4. The molecular weight excluding hydrogens is 316 g/mol. The van der Waals surface area contributed by atoms with Gasteiger partial charge in [-0.15, -0.1) is 0 Å². The van der Waals surface area contributed by atoms with Gasteiger partial charge >= 0.3 is 11.9 Å². The van der Waals surface area contributed by atoms with Crippen molar-refractivity contribution in [1.82, 2.24) is 0 Å². The lowest BCUT2D eigenvalue weighted by Crippen LogP contribution is -2.14. The molecule has 0 radical (unpaired) electrons. The lowest BCUT2D eigenvalue weighted by Gasteiger charge is -2.16. The number of esters is 1. The Morgan fingerprint density at radius 3 is 2.16 bits per heavy atom. The molecule has 4 nitrogen and oxygen atoms in total. The van der Waals surface area contributed by atoms with Gasteiger partial charge in [0.25, 0.3) is 0 Å². The van der Waals surface area contributed by atoms with Gasteiger partial charge in [0.1, 0.15) is 5.75 Å². The van der Waals surface area contributed by atoms with E-state index in [4.69, 9.17) is 4.74 Å². The summed E-state index contributed by atoms with van der Waals surface area (Å²) in [5.41, 5.74) is 0.585. The fourth-order valence-electron chi connectivity index (χ4n) is 3.26. The highest BCUT2D eigenvalue weighted by Crippen LogP contribution is 2.31. The average molecular weight is 348 g/mol. The van der Waals surface area contributed by atoms with Gasteiger partial charge < -0.3 is 9.84 Å². The van der Waals surface area contributed by atoms with Crippen LogP contribution in [0.15, 0.2) is 24.3 Å². The maximum absolute atomic E-state index is 11.7. The van der Waals surface area contributed by atoms with Crippen LogP contribution in [0.2, 0.25) is 0 Å². The number of aliphatic carboxylic acids is 1. The van der Waals surface area contributed by atoms with E-state index in [0.717, 1.165) is 25.2 Å². The number of carbonyl (C=O) groups excluding carboxylic acids is 1. The number of unbranched alkanes of at least 4 members (excludes halogenated alkanes) is 3. The summed E-state index contributed by atoms with van der Waals surface area (Å²) in [6, 6.07) is 6.93. The van der Waals surface area contributed by atoms with Gasteiger partial charge in [0.15, 0.2) is 0 Å². The van der Waals surface area contributed by atoms with E-state index in [-0.39, 0.29) is 0 Å². The fourth-order valence-corrected chi connectivity index (χ4v) is 3.26. The first-order valence-electron chi connectivity index (χ1n) is 9.49. The third-order valence-electron chi connectivity index (χ3n) is 4.86. The first-order chi connectivity index (χ1) is 12.0. The third kappa shape index (κ3) is 7.72. The summed E-state index contributed by atoms with van der Waals surface area (Å²) in [4.78, 5) is 22.9. The molecule has 0 saturated heterocycles. The predicted octanol–water partition coefficient (Wildman–Crippen LogP) is 5.56. The van der Waals surface area contributed by atoms with E-state index in [1.54, 1.807) is 24.3 Å². The molecule has 0 aromatic heterocycles. The number of hydrogen-bond acceptors (Lipinski definition) is 3. The predicted molar refractivity (Wildman–Crippen MR) is 99.9 cm³/mol. The second-order valence-corrected chi connectivity index (χ2v) is 6.70. The summed E-state index contributed by atoms with van der Waals surface area (Å²) in [5, 5.41) is 9.58. The number of carboxylic acids is 1. The maximum atomic E-state index is 11.7. The van der Waals surface area contributed by atoms with Crippen LogP contribution < -0.4 is 4.74 Å². The van der Waals surface area contributed by atoms with Gasteiger partial charge in [-0.3, -0.25) is 9.59 Å². The van der Waals surface area contributed by atoms with Crippen molar-refractivity contribution in [3.8, 4) is 5.75 Å². The zero-order valence-electron chi connectivity index (χ0n) is 15.8. The summed E-state index contributed by atoms with van der Waals surface area (Å²) < 4.78 is 5.17. The minimum Gasteiger partial charge on any atom is -0.481 e. The highest BCUT2D eigenvalue weighted by atomic mass is 16.5. The Balaban J connectivity index is 2.53. The van der Waals surface area contributed by atoms with Crippen LogP contribution in [-0.2, 0) is 9.59 Å². The molecule has 1 atom stereocenters. The molecule has 0 bridgehead atoms. The van der Waals surface area contributed by atoms with Gasteiger partial charge in [-0.2, -0.15) is 0 Å². The van der Waals surface area contributed by atoms with Crippen molar-refractivity contribution in [1.29, 1.82) is 0 Å². The Hall–Kier alpha value is -1.84. The van der Waals surface area contributed by atoms with Crippen LogP contribution in [0.1, 0.15) is 83.6 Å². The molecule has 1 rings (SSSR count). The quantitative estimate of drug-likeness (QED) is 0.305. The number of benzene rings is 1. The molecule has 1 unspecified atom stereocenters. The first kappa shape index (κ1) is 21.2. The van der Waals surface area contributed by atoms with E-state index in [9.17, 15) is 14.7 Å². The van der Waals surface area contributed by atoms with Gasteiger partial charge in [0.05, 0.1) is 5.92 Å². The lowest BCUT2D eigenvalue weighted by molar-refractivity contribution is -0.139. The monoisotopic (exact) mass is 348 g/mol. The fraction of sp³-hybridized carbons (Fsp3) is 0.619. The molecule has 1 aromatic carbocycles. The van der Waals surface area contributed by atoms with E-state index in [1.807, 2.05) is 0 Å². The number of ether oxygens (including phenoxy) is 1. The van der Waals surface area contributed by atoms with E-state index < -0.39 is 17.9 Å². The van der Waals surface area contributed by atoms with E-state index in [1.165, 1.54) is 32.6 Å². The number of hydrogen-bond donors (Lipinski definition) is 1. The van der Waals surface area contributed by atoms with Crippen molar-refractivity contribution in [3.63, 3.8) is 0 Å². The van der Waals surface area contributed by atoms with E-state index in [2.05, 4.69) is 13.8 Å². The highest BCUT2D eigenvalue weighted by Gasteiger charge is 2.23. The van der Waals surface area contributed by atoms with Crippen molar-refractivity contribution in [2.24, 2.45) is 5.92 Å². The summed E-state index contributed by atoms with van der Waals surface area (Å²) in [5.74, 6) is -0.747. The summed E-state index contributed by atoms with van der Waals surface area (Å²) in [6.45, 7) is 5.81. The zero-order valence-corrected chi connectivity index (χ0v) is 15.8. The van der Waals surface area contributed by atoms with Crippen LogP contribution in [0, 0.1) is 5.92 Å². The highest BCUT2D eigenvalue weighted by molar-refractivity contribution is 5.78. The molecule has 140 valence electrons. The molecule has 0 aliphatic carbocycles. The number of para-hydroxylation sites is 1. The minimum atomic E-state index is -0.864. The molecule has 0 aliphatic heterocycles. The normalized spacial score (nSPS) is 12.2. The number of carboxylic acid groups (broad SMARTS) is 1.